The lowest BCUT2D eigenvalue weighted by Crippen LogP contribution is -2.30. The molecule has 0 fully saturated rings. The van der Waals surface area contributed by atoms with E-state index in [1.54, 1.807) is 31.4 Å². The molecule has 0 spiro atoms. The Morgan fingerprint density at radius 2 is 2.06 bits per heavy atom. The van der Waals surface area contributed by atoms with Crippen LogP contribution >= 0.6 is 0 Å². The molecule has 2 aromatic rings. The molecule has 94 valence electrons. The first-order chi connectivity index (χ1) is 8.56. The molecule has 1 aromatic carbocycles. The Morgan fingerprint density at radius 1 is 1.39 bits per heavy atom. The molecule has 2 N–H and O–H groups in total. The topological polar surface area (TPSA) is 64.2 Å². The van der Waals surface area contributed by atoms with E-state index in [0.29, 0.717) is 11.5 Å². The monoisotopic (exact) mass is 248 g/mol. The summed E-state index contributed by atoms with van der Waals surface area (Å²) < 4.78 is 14.2. The molecular weight excluding hydrogens is 235 g/mol. The zero-order chi connectivity index (χ0) is 13.1. The number of halogens is 1. The molecular formula is C12H13FN4O. The number of anilines is 2. The Kier molecular flexibility index (Phi) is 3.27. The smallest absolute Gasteiger partial charge is 0.248 e. The summed E-state index contributed by atoms with van der Waals surface area (Å²) in [5, 5.41) is 3.93. The standard InChI is InChI=1S/C12H13FN4O/c1-16(10-4-2-9(13)3-5-10)12(18)8-17-7-6-11(14)15-17/h2-7H,8H2,1H3,(H2,14,15). The van der Waals surface area contributed by atoms with Crippen LogP contribution in [-0.2, 0) is 11.3 Å². The molecule has 0 aliphatic heterocycles. The van der Waals surface area contributed by atoms with E-state index in [1.165, 1.54) is 21.7 Å². The summed E-state index contributed by atoms with van der Waals surface area (Å²) >= 11 is 0. The van der Waals surface area contributed by atoms with Crippen LogP contribution in [-0.4, -0.2) is 22.7 Å². The van der Waals surface area contributed by atoms with Gasteiger partial charge in [0.25, 0.3) is 0 Å². The van der Waals surface area contributed by atoms with E-state index in [0.717, 1.165) is 0 Å². The van der Waals surface area contributed by atoms with Crippen molar-refractivity contribution in [3.63, 3.8) is 0 Å². The van der Waals surface area contributed by atoms with Crippen molar-refractivity contribution in [3.8, 4) is 0 Å². The molecule has 0 saturated heterocycles. The van der Waals surface area contributed by atoms with E-state index in [-0.39, 0.29) is 18.3 Å². The summed E-state index contributed by atoms with van der Waals surface area (Å²) in [4.78, 5) is 13.4. The van der Waals surface area contributed by atoms with Crippen LogP contribution in [0.4, 0.5) is 15.9 Å². The fourth-order valence-electron chi connectivity index (χ4n) is 1.52. The Hall–Kier alpha value is -2.37. The second-order valence-electron chi connectivity index (χ2n) is 3.87. The minimum Gasteiger partial charge on any atom is -0.382 e. The molecule has 0 atom stereocenters. The van der Waals surface area contributed by atoms with Gasteiger partial charge in [0, 0.05) is 18.9 Å². The van der Waals surface area contributed by atoms with Gasteiger partial charge in [0.15, 0.2) is 0 Å². The highest BCUT2D eigenvalue weighted by Crippen LogP contribution is 2.13. The summed E-state index contributed by atoms with van der Waals surface area (Å²) in [7, 11) is 1.63. The Balaban J connectivity index is 2.07. The van der Waals surface area contributed by atoms with Gasteiger partial charge in [0.05, 0.1) is 0 Å². The fourth-order valence-corrected chi connectivity index (χ4v) is 1.52. The van der Waals surface area contributed by atoms with Crippen molar-refractivity contribution >= 4 is 17.4 Å². The van der Waals surface area contributed by atoms with E-state index in [4.69, 9.17) is 5.73 Å². The molecule has 0 radical (unpaired) electrons. The van der Waals surface area contributed by atoms with Crippen LogP contribution in [0.15, 0.2) is 36.5 Å². The van der Waals surface area contributed by atoms with Gasteiger partial charge < -0.3 is 10.6 Å². The molecule has 0 bridgehead atoms. The Morgan fingerprint density at radius 3 is 2.61 bits per heavy atom. The number of nitrogen functional groups attached to an aromatic ring is 1. The van der Waals surface area contributed by atoms with Crippen molar-refractivity contribution in [2.24, 2.45) is 0 Å². The number of carbonyl (C=O) groups excluding carboxylic acids is 1. The molecule has 6 heteroatoms. The zero-order valence-corrected chi connectivity index (χ0v) is 9.88. The van der Waals surface area contributed by atoms with Gasteiger partial charge in [-0.25, -0.2) is 4.39 Å². The number of carbonyl (C=O) groups is 1. The van der Waals surface area contributed by atoms with Gasteiger partial charge in [-0.15, -0.1) is 0 Å². The van der Waals surface area contributed by atoms with Gasteiger partial charge in [-0.1, -0.05) is 0 Å². The number of amides is 1. The SMILES string of the molecule is CN(C(=O)Cn1ccc(N)n1)c1ccc(F)cc1. The highest BCUT2D eigenvalue weighted by molar-refractivity contribution is 5.92. The number of likely N-dealkylation sites (N-methyl/N-ethyl adjacent to an activating group) is 1. The van der Waals surface area contributed by atoms with Crippen LogP contribution < -0.4 is 10.6 Å². The molecule has 0 aliphatic rings. The highest BCUT2D eigenvalue weighted by atomic mass is 19.1. The first-order valence-electron chi connectivity index (χ1n) is 5.37. The number of nitrogens with two attached hydrogens (primary N) is 1. The van der Waals surface area contributed by atoms with Crippen molar-refractivity contribution in [2.75, 3.05) is 17.7 Å². The second-order valence-corrected chi connectivity index (χ2v) is 3.87. The number of hydrogen-bond donors (Lipinski definition) is 1. The maximum absolute atomic E-state index is 12.8. The van der Waals surface area contributed by atoms with Gasteiger partial charge in [0.1, 0.15) is 18.2 Å². The lowest BCUT2D eigenvalue weighted by molar-refractivity contribution is -0.119. The van der Waals surface area contributed by atoms with Crippen molar-refractivity contribution in [3.05, 3.63) is 42.3 Å². The van der Waals surface area contributed by atoms with Crippen LogP contribution in [0.5, 0.6) is 0 Å². The number of rotatable bonds is 3. The molecule has 0 aliphatic carbocycles. The predicted molar refractivity (Wildman–Crippen MR) is 66.4 cm³/mol. The summed E-state index contributed by atoms with van der Waals surface area (Å²) in [5.74, 6) is -0.128. The maximum Gasteiger partial charge on any atom is 0.248 e. The molecule has 18 heavy (non-hydrogen) atoms. The van der Waals surface area contributed by atoms with Crippen LogP contribution in [0.1, 0.15) is 0 Å². The van der Waals surface area contributed by atoms with Crippen molar-refractivity contribution < 1.29 is 9.18 Å². The van der Waals surface area contributed by atoms with Crippen LogP contribution in [0.3, 0.4) is 0 Å². The third kappa shape index (κ3) is 2.65. The molecule has 5 nitrogen and oxygen atoms in total. The second kappa shape index (κ2) is 4.87. The maximum atomic E-state index is 12.8. The summed E-state index contributed by atoms with van der Waals surface area (Å²) in [6.45, 7) is 0.0884. The number of hydrogen-bond acceptors (Lipinski definition) is 3. The van der Waals surface area contributed by atoms with Crippen molar-refractivity contribution in [2.45, 2.75) is 6.54 Å². The molecule has 0 saturated carbocycles. The lowest BCUT2D eigenvalue weighted by Gasteiger charge is -2.17. The third-order valence-corrected chi connectivity index (χ3v) is 2.55. The molecule has 2 rings (SSSR count). The normalized spacial score (nSPS) is 10.3. The average molecular weight is 248 g/mol. The van der Waals surface area contributed by atoms with Crippen LogP contribution in [0.25, 0.3) is 0 Å². The van der Waals surface area contributed by atoms with Gasteiger partial charge >= 0.3 is 0 Å². The number of nitrogens with zero attached hydrogens (tertiary/aromatic N) is 3. The summed E-state index contributed by atoms with van der Waals surface area (Å²) in [5.41, 5.74) is 6.09. The highest BCUT2D eigenvalue weighted by Gasteiger charge is 2.12. The number of benzene rings is 1. The predicted octanol–water partition coefficient (Wildman–Crippen LogP) is 1.27. The minimum absolute atomic E-state index is 0.0884. The van der Waals surface area contributed by atoms with Gasteiger partial charge in [-0.3, -0.25) is 9.48 Å². The van der Waals surface area contributed by atoms with Gasteiger partial charge in [-0.05, 0) is 30.3 Å². The number of aromatic nitrogens is 2. The van der Waals surface area contributed by atoms with E-state index >= 15 is 0 Å². The van der Waals surface area contributed by atoms with E-state index in [9.17, 15) is 9.18 Å². The summed E-state index contributed by atoms with van der Waals surface area (Å²) in [6, 6.07) is 7.33. The first kappa shape index (κ1) is 12.1. The minimum atomic E-state index is -0.334. The largest absolute Gasteiger partial charge is 0.382 e. The zero-order valence-electron chi connectivity index (χ0n) is 9.88. The fraction of sp³-hybridized carbons (Fsp3) is 0.167. The van der Waals surface area contributed by atoms with Gasteiger partial charge in [0.2, 0.25) is 5.91 Å². The molecule has 0 unspecified atom stereocenters. The lowest BCUT2D eigenvalue weighted by atomic mass is 10.3. The van der Waals surface area contributed by atoms with Crippen molar-refractivity contribution in [1.29, 1.82) is 0 Å². The quantitative estimate of drug-likeness (QED) is 0.889. The molecule has 1 amide bonds. The Labute approximate surface area is 104 Å². The van der Waals surface area contributed by atoms with E-state index in [1.807, 2.05) is 0 Å². The Bertz CT molecular complexity index is 549. The van der Waals surface area contributed by atoms with Gasteiger partial charge in [-0.2, -0.15) is 5.10 Å². The van der Waals surface area contributed by atoms with E-state index in [2.05, 4.69) is 5.10 Å². The van der Waals surface area contributed by atoms with E-state index < -0.39 is 0 Å². The third-order valence-electron chi connectivity index (χ3n) is 2.55. The van der Waals surface area contributed by atoms with Crippen molar-refractivity contribution in [1.82, 2.24) is 9.78 Å². The van der Waals surface area contributed by atoms with Crippen LogP contribution in [0, 0.1) is 5.82 Å². The summed E-state index contributed by atoms with van der Waals surface area (Å²) in [6.07, 6.45) is 1.63. The van der Waals surface area contributed by atoms with Crippen LogP contribution in [0.2, 0.25) is 0 Å². The molecule has 1 aromatic heterocycles. The first-order valence-corrected chi connectivity index (χ1v) is 5.37. The average Bonchev–Trinajstić information content (AvgIpc) is 2.75. The molecule has 1 heterocycles.